The monoisotopic (exact) mass is 458 g/mol. The van der Waals surface area contributed by atoms with Crippen LogP contribution in [-0.4, -0.2) is 20.9 Å². The van der Waals surface area contributed by atoms with E-state index >= 15 is 0 Å². The van der Waals surface area contributed by atoms with Crippen molar-refractivity contribution in [1.82, 2.24) is 0 Å². The number of aryl methyl sites for hydroxylation is 2. The van der Waals surface area contributed by atoms with Crippen molar-refractivity contribution in [2.45, 2.75) is 25.7 Å². The molecule has 8 heteroatoms. The van der Waals surface area contributed by atoms with Crippen LogP contribution in [-0.2, 0) is 10.0 Å². The van der Waals surface area contributed by atoms with Crippen LogP contribution < -0.4 is 14.8 Å². The number of sulfonamides is 1. The molecule has 3 aromatic rings. The van der Waals surface area contributed by atoms with Crippen LogP contribution in [0.25, 0.3) is 0 Å². The highest BCUT2D eigenvalue weighted by Gasteiger charge is 2.19. The van der Waals surface area contributed by atoms with E-state index in [9.17, 15) is 13.2 Å². The van der Waals surface area contributed by atoms with E-state index in [2.05, 4.69) is 10.0 Å². The van der Waals surface area contributed by atoms with E-state index in [0.717, 1.165) is 11.1 Å². The van der Waals surface area contributed by atoms with Crippen molar-refractivity contribution in [3.8, 4) is 5.75 Å². The van der Waals surface area contributed by atoms with Crippen LogP contribution in [0.3, 0.4) is 0 Å². The van der Waals surface area contributed by atoms with Gasteiger partial charge in [-0.15, -0.1) is 0 Å². The number of carbonyl (C=O) groups is 1. The molecule has 0 bridgehead atoms. The lowest BCUT2D eigenvalue weighted by Crippen LogP contribution is -2.16. The first kappa shape index (κ1) is 22.7. The minimum atomic E-state index is -3.89. The van der Waals surface area contributed by atoms with Crippen LogP contribution in [0, 0.1) is 13.8 Å². The maximum atomic E-state index is 13.0. The molecule has 6 nitrogen and oxygen atoms in total. The number of amides is 1. The molecule has 0 unspecified atom stereocenters. The third-order valence-electron chi connectivity index (χ3n) is 4.55. The summed E-state index contributed by atoms with van der Waals surface area (Å²) in [6.07, 6.45) is 0. The third-order valence-corrected chi connectivity index (χ3v) is 6.17. The van der Waals surface area contributed by atoms with Gasteiger partial charge in [-0.3, -0.25) is 9.52 Å². The second-order valence-corrected chi connectivity index (χ2v) is 9.09. The molecule has 0 aliphatic heterocycles. The van der Waals surface area contributed by atoms with Crippen LogP contribution in [0.2, 0.25) is 5.02 Å². The van der Waals surface area contributed by atoms with E-state index in [1.165, 1.54) is 18.2 Å². The van der Waals surface area contributed by atoms with Crippen molar-refractivity contribution < 1.29 is 17.9 Å². The summed E-state index contributed by atoms with van der Waals surface area (Å²) in [4.78, 5) is 12.6. The van der Waals surface area contributed by atoms with Gasteiger partial charge in [-0.2, -0.15) is 0 Å². The Labute approximate surface area is 187 Å². The fraction of sp³-hybridized carbons (Fsp3) is 0.174. The quantitative estimate of drug-likeness (QED) is 0.495. The topological polar surface area (TPSA) is 84.5 Å². The zero-order valence-electron chi connectivity index (χ0n) is 17.4. The van der Waals surface area contributed by atoms with Crippen molar-refractivity contribution in [2.75, 3.05) is 16.6 Å². The highest BCUT2D eigenvalue weighted by atomic mass is 35.5. The minimum Gasteiger partial charge on any atom is -0.492 e. The van der Waals surface area contributed by atoms with Gasteiger partial charge in [0.2, 0.25) is 0 Å². The lowest BCUT2D eigenvalue weighted by Gasteiger charge is -2.15. The Morgan fingerprint density at radius 3 is 2.35 bits per heavy atom. The Bertz CT molecular complexity index is 1210. The lowest BCUT2D eigenvalue weighted by atomic mass is 10.1. The van der Waals surface area contributed by atoms with Crippen molar-refractivity contribution in [1.29, 1.82) is 0 Å². The van der Waals surface area contributed by atoms with Gasteiger partial charge in [0.25, 0.3) is 15.9 Å². The van der Waals surface area contributed by atoms with Gasteiger partial charge in [-0.05, 0) is 80.4 Å². The van der Waals surface area contributed by atoms with E-state index in [1.807, 2.05) is 26.0 Å². The molecule has 0 aliphatic rings. The molecule has 0 saturated heterocycles. The number of halogens is 1. The van der Waals surface area contributed by atoms with Crippen LogP contribution in [0.5, 0.6) is 5.75 Å². The van der Waals surface area contributed by atoms with Crippen LogP contribution in [0.1, 0.15) is 28.4 Å². The number of rotatable bonds is 7. The molecule has 0 spiro atoms. The first-order valence-corrected chi connectivity index (χ1v) is 11.5. The number of benzene rings is 3. The molecule has 0 saturated carbocycles. The number of carbonyl (C=O) groups excluding carboxylic acids is 1. The zero-order chi connectivity index (χ0) is 22.6. The molecule has 0 radical (unpaired) electrons. The van der Waals surface area contributed by atoms with Crippen LogP contribution in [0.15, 0.2) is 65.6 Å². The SMILES string of the molecule is CCOc1ccc(S(=O)(=O)Nc2cc(C)ccc2C)cc1NC(=O)c1ccc(Cl)cc1. The van der Waals surface area contributed by atoms with Crippen molar-refractivity contribution in [3.63, 3.8) is 0 Å². The Balaban J connectivity index is 1.93. The summed E-state index contributed by atoms with van der Waals surface area (Å²) in [5.41, 5.74) is 2.88. The highest BCUT2D eigenvalue weighted by molar-refractivity contribution is 7.92. The first-order valence-electron chi connectivity index (χ1n) is 9.63. The summed E-state index contributed by atoms with van der Waals surface area (Å²) in [7, 11) is -3.89. The molecule has 0 fully saturated rings. The molecule has 162 valence electrons. The summed E-state index contributed by atoms with van der Waals surface area (Å²) in [6.45, 7) is 5.87. The van der Waals surface area contributed by atoms with Gasteiger partial charge < -0.3 is 10.1 Å². The molecule has 0 aromatic heterocycles. The smallest absolute Gasteiger partial charge is 0.261 e. The van der Waals surface area contributed by atoms with Gasteiger partial charge in [0, 0.05) is 10.6 Å². The third kappa shape index (κ3) is 5.57. The number of hydrogen-bond donors (Lipinski definition) is 2. The Hall–Kier alpha value is -3.03. The molecule has 3 aromatic carbocycles. The molecular formula is C23H23ClN2O4S. The molecule has 0 aliphatic carbocycles. The van der Waals surface area contributed by atoms with E-state index < -0.39 is 15.9 Å². The fourth-order valence-electron chi connectivity index (χ4n) is 2.90. The Morgan fingerprint density at radius 2 is 1.68 bits per heavy atom. The number of nitrogens with one attached hydrogen (secondary N) is 2. The summed E-state index contributed by atoms with van der Waals surface area (Å²) in [5.74, 6) is -0.0369. The second kappa shape index (κ2) is 9.41. The van der Waals surface area contributed by atoms with Gasteiger partial charge in [0.1, 0.15) is 5.75 Å². The molecular weight excluding hydrogens is 436 g/mol. The maximum absolute atomic E-state index is 13.0. The average molecular weight is 459 g/mol. The summed E-state index contributed by atoms with van der Waals surface area (Å²) in [6, 6.07) is 16.3. The number of hydrogen-bond acceptors (Lipinski definition) is 4. The maximum Gasteiger partial charge on any atom is 0.261 e. The predicted octanol–water partition coefficient (Wildman–Crippen LogP) is 5.41. The zero-order valence-corrected chi connectivity index (χ0v) is 19.0. The molecule has 1 amide bonds. The van der Waals surface area contributed by atoms with E-state index in [1.54, 1.807) is 37.3 Å². The van der Waals surface area contributed by atoms with Crippen LogP contribution in [0.4, 0.5) is 11.4 Å². The largest absolute Gasteiger partial charge is 0.492 e. The first-order chi connectivity index (χ1) is 14.7. The molecule has 31 heavy (non-hydrogen) atoms. The van der Waals surface area contributed by atoms with E-state index in [-0.39, 0.29) is 10.6 Å². The van der Waals surface area contributed by atoms with Crippen molar-refractivity contribution in [2.24, 2.45) is 0 Å². The summed E-state index contributed by atoms with van der Waals surface area (Å²) in [5, 5.41) is 3.24. The van der Waals surface area contributed by atoms with Gasteiger partial charge in [-0.1, -0.05) is 23.7 Å². The highest BCUT2D eigenvalue weighted by Crippen LogP contribution is 2.30. The lowest BCUT2D eigenvalue weighted by molar-refractivity contribution is 0.102. The van der Waals surface area contributed by atoms with E-state index in [0.29, 0.717) is 28.6 Å². The minimum absolute atomic E-state index is 0.00302. The van der Waals surface area contributed by atoms with Crippen LogP contribution >= 0.6 is 11.6 Å². The van der Waals surface area contributed by atoms with Crippen molar-refractivity contribution in [3.05, 3.63) is 82.4 Å². The van der Waals surface area contributed by atoms with Crippen molar-refractivity contribution >= 4 is 38.9 Å². The standard InChI is InChI=1S/C23H23ClN2O4S/c1-4-30-22-12-11-19(31(28,29)26-20-13-15(2)5-6-16(20)3)14-21(22)25-23(27)17-7-9-18(24)10-8-17/h5-14,26H,4H2,1-3H3,(H,25,27). The molecule has 0 heterocycles. The second-order valence-electron chi connectivity index (χ2n) is 6.98. The van der Waals surface area contributed by atoms with Gasteiger partial charge in [-0.25, -0.2) is 8.42 Å². The summed E-state index contributed by atoms with van der Waals surface area (Å²) >= 11 is 5.88. The normalized spacial score (nSPS) is 11.1. The fourth-order valence-corrected chi connectivity index (χ4v) is 4.17. The molecule has 2 N–H and O–H groups in total. The number of anilines is 2. The summed E-state index contributed by atoms with van der Waals surface area (Å²) < 4.78 is 34.2. The molecule has 3 rings (SSSR count). The average Bonchev–Trinajstić information content (AvgIpc) is 2.72. The van der Waals surface area contributed by atoms with E-state index in [4.69, 9.17) is 16.3 Å². The molecule has 0 atom stereocenters. The predicted molar refractivity (Wildman–Crippen MR) is 124 cm³/mol. The Kier molecular flexibility index (Phi) is 6.87. The van der Waals surface area contributed by atoms with Gasteiger partial charge in [0.05, 0.1) is 22.9 Å². The number of ether oxygens (including phenoxy) is 1. The Morgan fingerprint density at radius 1 is 0.968 bits per heavy atom. The van der Waals surface area contributed by atoms with Gasteiger partial charge in [0.15, 0.2) is 0 Å². The van der Waals surface area contributed by atoms with Gasteiger partial charge >= 0.3 is 0 Å².